The number of aryl methyl sites for hydroxylation is 1. The molecule has 1 aromatic rings. The van der Waals surface area contributed by atoms with Gasteiger partial charge in [-0.25, -0.2) is 4.98 Å². The predicted molar refractivity (Wildman–Crippen MR) is 79.5 cm³/mol. The molecular formula is C15H24N4O2. The van der Waals surface area contributed by atoms with E-state index in [1.807, 2.05) is 24.6 Å². The fraction of sp³-hybridized carbons (Fsp3) is 0.667. The zero-order chi connectivity index (χ0) is 15.2. The van der Waals surface area contributed by atoms with E-state index in [0.29, 0.717) is 6.42 Å². The van der Waals surface area contributed by atoms with Crippen LogP contribution in [0.5, 0.6) is 0 Å². The zero-order valence-electron chi connectivity index (χ0n) is 12.8. The fourth-order valence-corrected chi connectivity index (χ4v) is 2.80. The van der Waals surface area contributed by atoms with Gasteiger partial charge in [0.1, 0.15) is 0 Å². The van der Waals surface area contributed by atoms with E-state index in [0.717, 1.165) is 32.4 Å². The van der Waals surface area contributed by atoms with Crippen molar-refractivity contribution in [3.05, 3.63) is 18.7 Å². The molecule has 2 heterocycles. The Morgan fingerprint density at radius 3 is 2.76 bits per heavy atom. The van der Waals surface area contributed by atoms with Crippen LogP contribution in [0, 0.1) is 0 Å². The van der Waals surface area contributed by atoms with Crippen LogP contribution in [0.3, 0.4) is 0 Å². The summed E-state index contributed by atoms with van der Waals surface area (Å²) in [5, 5.41) is 3.21. The number of nitrogens with zero attached hydrogens (tertiary/aromatic N) is 3. The lowest BCUT2D eigenvalue weighted by atomic mass is 10.1. The first-order valence-corrected chi connectivity index (χ1v) is 7.72. The number of nitrogens with one attached hydrogen (secondary N) is 1. The number of imide groups is 1. The average molecular weight is 292 g/mol. The highest BCUT2D eigenvalue weighted by Crippen LogP contribution is 2.20. The molecule has 6 heteroatoms. The molecule has 116 valence electrons. The Bertz CT molecular complexity index is 468. The monoisotopic (exact) mass is 292 g/mol. The molecule has 2 rings (SSSR count). The molecule has 1 saturated heterocycles. The minimum atomic E-state index is -0.346. The summed E-state index contributed by atoms with van der Waals surface area (Å²) >= 11 is 0. The molecule has 1 aliphatic heterocycles. The van der Waals surface area contributed by atoms with Crippen molar-refractivity contribution in [3.63, 3.8) is 0 Å². The first kappa shape index (κ1) is 15.7. The summed E-state index contributed by atoms with van der Waals surface area (Å²) in [7, 11) is 0. The molecule has 0 aromatic carbocycles. The second kappa shape index (κ2) is 7.36. The summed E-state index contributed by atoms with van der Waals surface area (Å²) in [5.74, 6) is -0.0999. The van der Waals surface area contributed by atoms with Crippen LogP contribution >= 0.6 is 0 Å². The minimum Gasteiger partial charge on any atom is -0.337 e. The molecular weight excluding hydrogens is 268 g/mol. The van der Waals surface area contributed by atoms with E-state index in [1.165, 1.54) is 4.90 Å². The smallest absolute Gasteiger partial charge is 0.247 e. The topological polar surface area (TPSA) is 67.2 Å². The Morgan fingerprint density at radius 1 is 1.38 bits per heavy atom. The van der Waals surface area contributed by atoms with Crippen molar-refractivity contribution in [2.24, 2.45) is 0 Å². The second-order valence-corrected chi connectivity index (χ2v) is 5.44. The van der Waals surface area contributed by atoms with Crippen molar-refractivity contribution in [2.75, 3.05) is 6.54 Å². The Balaban J connectivity index is 1.79. The molecule has 0 radical (unpaired) electrons. The van der Waals surface area contributed by atoms with Gasteiger partial charge in [-0.15, -0.1) is 0 Å². The van der Waals surface area contributed by atoms with Gasteiger partial charge < -0.3 is 9.88 Å². The lowest BCUT2D eigenvalue weighted by Crippen LogP contribution is -2.43. The van der Waals surface area contributed by atoms with Crippen molar-refractivity contribution >= 4 is 11.8 Å². The van der Waals surface area contributed by atoms with Crippen LogP contribution in [0.15, 0.2) is 18.7 Å². The van der Waals surface area contributed by atoms with E-state index in [2.05, 4.69) is 10.3 Å². The molecule has 0 aliphatic carbocycles. The van der Waals surface area contributed by atoms with E-state index in [9.17, 15) is 9.59 Å². The summed E-state index contributed by atoms with van der Waals surface area (Å²) < 4.78 is 2.00. The number of likely N-dealkylation sites (tertiary alicyclic amines) is 1. The standard InChI is InChI=1S/C15H24N4O2/c1-3-12(4-2)19-14(20)10-13(15(19)21)17-6-5-8-18-9-7-16-11-18/h7,9,11-13,17H,3-6,8,10H2,1-2H3. The maximum atomic E-state index is 12.3. The first-order valence-electron chi connectivity index (χ1n) is 7.72. The highest BCUT2D eigenvalue weighted by Gasteiger charge is 2.40. The third-order valence-corrected chi connectivity index (χ3v) is 4.03. The van der Waals surface area contributed by atoms with E-state index in [1.54, 1.807) is 12.5 Å². The number of aromatic nitrogens is 2. The van der Waals surface area contributed by atoms with Gasteiger partial charge >= 0.3 is 0 Å². The molecule has 1 N–H and O–H groups in total. The molecule has 0 bridgehead atoms. The van der Waals surface area contributed by atoms with Gasteiger partial charge in [-0.1, -0.05) is 13.8 Å². The van der Waals surface area contributed by atoms with Crippen LogP contribution in [-0.4, -0.2) is 44.9 Å². The summed E-state index contributed by atoms with van der Waals surface area (Å²) in [6.45, 7) is 5.61. The molecule has 0 saturated carbocycles. The number of carbonyl (C=O) groups excluding carboxylic acids is 2. The Kier molecular flexibility index (Phi) is 5.50. The number of imidazole rings is 1. The van der Waals surface area contributed by atoms with Gasteiger partial charge in [-0.3, -0.25) is 14.5 Å². The average Bonchev–Trinajstić information content (AvgIpc) is 3.08. The van der Waals surface area contributed by atoms with E-state index >= 15 is 0 Å². The van der Waals surface area contributed by atoms with Crippen LogP contribution in [0.25, 0.3) is 0 Å². The summed E-state index contributed by atoms with van der Waals surface area (Å²) in [6, 6.07) is -0.302. The van der Waals surface area contributed by atoms with Gasteiger partial charge in [0.25, 0.3) is 0 Å². The maximum Gasteiger partial charge on any atom is 0.247 e. The highest BCUT2D eigenvalue weighted by molar-refractivity contribution is 6.05. The van der Waals surface area contributed by atoms with Crippen LogP contribution in [0.4, 0.5) is 0 Å². The van der Waals surface area contributed by atoms with Gasteiger partial charge in [-0.05, 0) is 25.8 Å². The SMILES string of the molecule is CCC(CC)N1C(=O)CC(NCCCn2ccnc2)C1=O. The van der Waals surface area contributed by atoms with Crippen LogP contribution in [0.1, 0.15) is 39.5 Å². The number of amides is 2. The predicted octanol–water partition coefficient (Wildman–Crippen LogP) is 1.18. The molecule has 6 nitrogen and oxygen atoms in total. The largest absolute Gasteiger partial charge is 0.337 e. The minimum absolute atomic E-state index is 0.0409. The van der Waals surface area contributed by atoms with Crippen molar-refractivity contribution in [1.29, 1.82) is 0 Å². The third-order valence-electron chi connectivity index (χ3n) is 4.03. The quantitative estimate of drug-likeness (QED) is 0.577. The molecule has 21 heavy (non-hydrogen) atoms. The Labute approximate surface area is 125 Å². The highest BCUT2D eigenvalue weighted by atomic mass is 16.2. The zero-order valence-corrected chi connectivity index (χ0v) is 12.8. The van der Waals surface area contributed by atoms with Crippen LogP contribution < -0.4 is 5.32 Å². The van der Waals surface area contributed by atoms with Gasteiger partial charge in [0.2, 0.25) is 11.8 Å². The molecule has 1 aromatic heterocycles. The van der Waals surface area contributed by atoms with E-state index < -0.39 is 0 Å². The third kappa shape index (κ3) is 3.69. The molecule has 1 unspecified atom stereocenters. The van der Waals surface area contributed by atoms with Gasteiger partial charge in [0, 0.05) is 25.0 Å². The van der Waals surface area contributed by atoms with Crippen molar-refractivity contribution < 1.29 is 9.59 Å². The van der Waals surface area contributed by atoms with Crippen molar-refractivity contribution in [2.45, 2.75) is 58.2 Å². The molecule has 2 amide bonds. The second-order valence-electron chi connectivity index (χ2n) is 5.44. The number of rotatable bonds is 8. The van der Waals surface area contributed by atoms with E-state index in [-0.39, 0.29) is 23.9 Å². The lowest BCUT2D eigenvalue weighted by Gasteiger charge is -2.24. The summed E-state index contributed by atoms with van der Waals surface area (Å²) in [5.41, 5.74) is 0. The molecule has 1 aliphatic rings. The van der Waals surface area contributed by atoms with Gasteiger partial charge in [0.05, 0.1) is 18.8 Å². The fourth-order valence-electron chi connectivity index (χ4n) is 2.80. The van der Waals surface area contributed by atoms with Crippen molar-refractivity contribution in [1.82, 2.24) is 19.8 Å². The van der Waals surface area contributed by atoms with Crippen LogP contribution in [0.2, 0.25) is 0 Å². The molecule has 1 fully saturated rings. The first-order chi connectivity index (χ1) is 10.2. The van der Waals surface area contributed by atoms with Crippen molar-refractivity contribution in [3.8, 4) is 0 Å². The lowest BCUT2D eigenvalue weighted by molar-refractivity contribution is -0.141. The van der Waals surface area contributed by atoms with Gasteiger partial charge in [0.15, 0.2) is 0 Å². The normalized spacial score (nSPS) is 19.0. The van der Waals surface area contributed by atoms with E-state index in [4.69, 9.17) is 0 Å². The van der Waals surface area contributed by atoms with Crippen LogP contribution in [-0.2, 0) is 16.1 Å². The Hall–Kier alpha value is -1.69. The Morgan fingerprint density at radius 2 is 2.14 bits per heavy atom. The van der Waals surface area contributed by atoms with Gasteiger partial charge in [-0.2, -0.15) is 0 Å². The summed E-state index contributed by atoms with van der Waals surface area (Å²) in [4.78, 5) is 29.8. The number of carbonyl (C=O) groups is 2. The summed E-state index contributed by atoms with van der Waals surface area (Å²) in [6.07, 6.45) is 8.28. The number of hydrogen-bond donors (Lipinski definition) is 1. The molecule has 1 atom stereocenters. The number of hydrogen-bond acceptors (Lipinski definition) is 4. The maximum absolute atomic E-state index is 12.3. The molecule has 0 spiro atoms.